The molecule has 10 heteroatoms. The summed E-state index contributed by atoms with van der Waals surface area (Å²) in [7, 11) is 1.63. The largest absolute Gasteiger partial charge is 0.480 e. The first kappa shape index (κ1) is 22.1. The first-order valence-electron chi connectivity index (χ1n) is 9.62. The number of hydrogen-bond donors (Lipinski definition) is 1. The van der Waals surface area contributed by atoms with Crippen molar-refractivity contribution in [3.05, 3.63) is 31.9 Å². The topological polar surface area (TPSA) is 107 Å². The van der Waals surface area contributed by atoms with Gasteiger partial charge in [0.15, 0.2) is 0 Å². The Balaban J connectivity index is 2.17. The highest BCUT2D eigenvalue weighted by atomic mass is 32.2. The Morgan fingerprint density at radius 3 is 2.47 bits per heavy atom. The van der Waals surface area contributed by atoms with Crippen molar-refractivity contribution in [1.29, 1.82) is 5.26 Å². The molecule has 0 unspecified atom stereocenters. The minimum Gasteiger partial charge on any atom is -0.480 e. The van der Waals surface area contributed by atoms with Gasteiger partial charge in [-0.05, 0) is 31.4 Å². The van der Waals surface area contributed by atoms with Gasteiger partial charge in [0.1, 0.15) is 28.3 Å². The molecule has 158 valence electrons. The number of carbonyl (C=O) groups is 2. The Bertz CT molecular complexity index is 1050. The van der Waals surface area contributed by atoms with E-state index in [1.165, 1.54) is 4.57 Å². The fraction of sp³-hybridized carbons (Fsp3) is 0.450. The lowest BCUT2D eigenvalue weighted by Crippen LogP contribution is -2.34. The highest BCUT2D eigenvalue weighted by Crippen LogP contribution is 2.36. The first-order valence-corrected chi connectivity index (χ1v) is 10.8. The van der Waals surface area contributed by atoms with Gasteiger partial charge in [-0.25, -0.2) is 0 Å². The molecule has 3 rings (SSSR count). The van der Waals surface area contributed by atoms with E-state index in [1.54, 1.807) is 20.0 Å². The molecule has 2 aliphatic rings. The van der Waals surface area contributed by atoms with Crippen molar-refractivity contribution in [2.75, 3.05) is 24.5 Å². The van der Waals surface area contributed by atoms with E-state index in [0.29, 0.717) is 16.9 Å². The molecule has 2 saturated heterocycles. The van der Waals surface area contributed by atoms with Gasteiger partial charge < -0.3 is 10.0 Å². The van der Waals surface area contributed by atoms with Crippen LogP contribution in [0, 0.1) is 18.3 Å². The Morgan fingerprint density at radius 1 is 1.27 bits per heavy atom. The van der Waals surface area contributed by atoms with Crippen LogP contribution in [0.3, 0.4) is 0 Å². The lowest BCUT2D eigenvalue weighted by Gasteiger charge is -2.28. The normalized spacial score (nSPS) is 18.6. The summed E-state index contributed by atoms with van der Waals surface area (Å²) in [5.41, 5.74) is 0.780. The fourth-order valence-corrected chi connectivity index (χ4v) is 5.02. The smallest absolute Gasteiger partial charge is 0.323 e. The lowest BCUT2D eigenvalue weighted by atomic mass is 10.0. The van der Waals surface area contributed by atoms with E-state index >= 15 is 0 Å². The molecule has 8 nitrogen and oxygen atoms in total. The van der Waals surface area contributed by atoms with Crippen LogP contribution in [0.1, 0.15) is 42.4 Å². The number of carbonyl (C=O) groups excluding carboxylic acids is 1. The standard InChI is InChI=1S/C20H22N4O4S2/c1-12-13(9-15-19(28)24(11-16(25)26)20(29)30-15)17(22(2)18(27)14(12)10-21)23-7-5-3-4-6-8-23/h9H,3-8,11H2,1-2H3,(H,25,26). The zero-order valence-corrected chi connectivity index (χ0v) is 18.4. The third-order valence-corrected chi connectivity index (χ3v) is 6.69. The zero-order chi connectivity index (χ0) is 22.0. The predicted octanol–water partition coefficient (Wildman–Crippen LogP) is 2.23. The molecule has 0 atom stereocenters. The van der Waals surface area contributed by atoms with Gasteiger partial charge >= 0.3 is 5.97 Å². The van der Waals surface area contributed by atoms with Gasteiger partial charge in [0, 0.05) is 25.7 Å². The Morgan fingerprint density at radius 2 is 1.90 bits per heavy atom. The van der Waals surface area contributed by atoms with Crippen molar-refractivity contribution in [3.8, 4) is 6.07 Å². The number of aromatic nitrogens is 1. The van der Waals surface area contributed by atoms with Gasteiger partial charge in [0.2, 0.25) is 0 Å². The molecule has 30 heavy (non-hydrogen) atoms. The number of thiocarbonyl (C=S) groups is 1. The third-order valence-electron chi connectivity index (χ3n) is 5.32. The van der Waals surface area contributed by atoms with Crippen molar-refractivity contribution < 1.29 is 14.7 Å². The molecular formula is C20H22N4O4S2. The zero-order valence-electron chi connectivity index (χ0n) is 16.8. The molecule has 1 aromatic rings. The average molecular weight is 447 g/mol. The van der Waals surface area contributed by atoms with Gasteiger partial charge in [-0.15, -0.1) is 0 Å². The molecular weight excluding hydrogens is 424 g/mol. The van der Waals surface area contributed by atoms with Crippen LogP contribution in [-0.4, -0.2) is 50.4 Å². The van der Waals surface area contributed by atoms with Gasteiger partial charge in [0.25, 0.3) is 11.5 Å². The maximum absolute atomic E-state index is 12.8. The summed E-state index contributed by atoms with van der Waals surface area (Å²) in [6.45, 7) is 2.75. The number of pyridine rings is 1. The van der Waals surface area contributed by atoms with Crippen LogP contribution in [-0.2, 0) is 16.6 Å². The van der Waals surface area contributed by atoms with Crippen LogP contribution >= 0.6 is 24.0 Å². The molecule has 0 aliphatic carbocycles. The fourth-order valence-electron chi connectivity index (χ4n) is 3.78. The number of anilines is 1. The van der Waals surface area contributed by atoms with E-state index in [2.05, 4.69) is 4.90 Å². The maximum Gasteiger partial charge on any atom is 0.323 e. The highest BCUT2D eigenvalue weighted by molar-refractivity contribution is 8.26. The van der Waals surface area contributed by atoms with E-state index in [4.69, 9.17) is 17.3 Å². The molecule has 1 amide bonds. The van der Waals surface area contributed by atoms with Gasteiger partial charge in [-0.3, -0.25) is 23.9 Å². The summed E-state index contributed by atoms with van der Waals surface area (Å²) in [4.78, 5) is 40.0. The van der Waals surface area contributed by atoms with Crippen LogP contribution in [0.25, 0.3) is 6.08 Å². The van der Waals surface area contributed by atoms with Gasteiger partial charge in [-0.2, -0.15) is 5.26 Å². The highest BCUT2D eigenvalue weighted by Gasteiger charge is 2.34. The number of rotatable bonds is 4. The van der Waals surface area contributed by atoms with E-state index in [0.717, 1.165) is 55.4 Å². The molecule has 2 fully saturated rings. The summed E-state index contributed by atoms with van der Waals surface area (Å²) in [5.74, 6) is -0.967. The quantitative estimate of drug-likeness (QED) is 0.554. The summed E-state index contributed by atoms with van der Waals surface area (Å²) in [6, 6.07) is 1.98. The van der Waals surface area contributed by atoms with Crippen LogP contribution in [0.15, 0.2) is 9.70 Å². The number of nitrogens with zero attached hydrogens (tertiary/aromatic N) is 4. The Hall–Kier alpha value is -2.64. The maximum atomic E-state index is 12.8. The molecule has 0 saturated carbocycles. The number of amides is 1. The van der Waals surface area contributed by atoms with Crippen molar-refractivity contribution >= 4 is 52.1 Å². The predicted molar refractivity (Wildman–Crippen MR) is 119 cm³/mol. The summed E-state index contributed by atoms with van der Waals surface area (Å²) < 4.78 is 1.65. The lowest BCUT2D eigenvalue weighted by molar-refractivity contribution is -0.140. The molecule has 0 spiro atoms. The number of hydrogen-bond acceptors (Lipinski definition) is 7. The van der Waals surface area contributed by atoms with Crippen LogP contribution < -0.4 is 10.5 Å². The summed E-state index contributed by atoms with van der Waals surface area (Å²) in [5, 5.41) is 18.6. The summed E-state index contributed by atoms with van der Waals surface area (Å²) in [6.07, 6.45) is 5.85. The van der Waals surface area contributed by atoms with Crippen molar-refractivity contribution in [2.24, 2.45) is 7.05 Å². The molecule has 3 heterocycles. The second-order valence-corrected chi connectivity index (χ2v) is 8.95. The van der Waals surface area contributed by atoms with Crippen molar-refractivity contribution in [3.63, 3.8) is 0 Å². The van der Waals surface area contributed by atoms with Gasteiger partial charge in [-0.1, -0.05) is 36.8 Å². The average Bonchev–Trinajstić information content (AvgIpc) is 2.88. The van der Waals surface area contributed by atoms with E-state index < -0.39 is 18.4 Å². The summed E-state index contributed by atoms with van der Waals surface area (Å²) >= 11 is 6.21. The van der Waals surface area contributed by atoms with Gasteiger partial charge in [0.05, 0.1) is 4.91 Å². The number of thioether (sulfide) groups is 1. The third kappa shape index (κ3) is 4.13. The number of aliphatic carboxylic acids is 1. The minimum atomic E-state index is -1.15. The minimum absolute atomic E-state index is 0.0309. The molecule has 1 aromatic heterocycles. The van der Waals surface area contributed by atoms with Crippen molar-refractivity contribution in [2.45, 2.75) is 32.6 Å². The number of carboxylic acids is 1. The van der Waals surface area contributed by atoms with Crippen LogP contribution in [0.2, 0.25) is 0 Å². The monoisotopic (exact) mass is 446 g/mol. The van der Waals surface area contributed by atoms with Crippen LogP contribution in [0.5, 0.6) is 0 Å². The number of carboxylic acid groups (broad SMARTS) is 1. The van der Waals surface area contributed by atoms with E-state index in [9.17, 15) is 19.6 Å². The second-order valence-electron chi connectivity index (χ2n) is 7.28. The van der Waals surface area contributed by atoms with E-state index in [1.807, 2.05) is 6.07 Å². The molecule has 1 N–H and O–H groups in total. The molecule has 0 bridgehead atoms. The number of nitriles is 1. The van der Waals surface area contributed by atoms with Crippen LogP contribution in [0.4, 0.5) is 5.82 Å². The molecule has 2 aliphatic heterocycles. The Kier molecular flexibility index (Phi) is 6.63. The second kappa shape index (κ2) is 9.02. The SMILES string of the molecule is Cc1c(C=C2SC(=S)N(CC(=O)O)C2=O)c(N2CCCCCC2)n(C)c(=O)c1C#N. The van der Waals surface area contributed by atoms with Crippen molar-refractivity contribution in [1.82, 2.24) is 9.47 Å². The molecule has 0 radical (unpaired) electrons. The molecule has 0 aromatic carbocycles. The Labute approximate surface area is 183 Å². The first-order chi connectivity index (χ1) is 14.3. The van der Waals surface area contributed by atoms with E-state index in [-0.39, 0.29) is 20.3 Å².